The first kappa shape index (κ1) is 14.2. The molecule has 0 amide bonds. The Morgan fingerprint density at radius 1 is 1.05 bits per heavy atom. The van der Waals surface area contributed by atoms with Gasteiger partial charge in [-0.3, -0.25) is 0 Å². The Morgan fingerprint density at radius 2 is 1.70 bits per heavy atom. The summed E-state index contributed by atoms with van der Waals surface area (Å²) in [5.74, 6) is 0.877. The summed E-state index contributed by atoms with van der Waals surface area (Å²) in [6.45, 7) is 6.31. The van der Waals surface area contributed by atoms with Crippen molar-refractivity contribution < 1.29 is 4.74 Å². The maximum atomic E-state index is 5.24. The molecule has 0 N–H and O–H groups in total. The number of rotatable bonds is 4. The monoisotopic (exact) mass is 267 g/mol. The zero-order valence-electron chi connectivity index (χ0n) is 12.6. The molecule has 0 aliphatic carbocycles. The molecule has 20 heavy (non-hydrogen) atoms. The fraction of sp³-hybridized carbons (Fsp3) is 0.222. The van der Waals surface area contributed by atoms with Crippen molar-refractivity contribution in [1.29, 1.82) is 0 Å². The third kappa shape index (κ3) is 2.85. The van der Waals surface area contributed by atoms with Crippen molar-refractivity contribution in [2.24, 2.45) is 0 Å². The third-order valence-electron chi connectivity index (χ3n) is 3.49. The molecule has 2 nitrogen and oxygen atoms in total. The summed E-state index contributed by atoms with van der Waals surface area (Å²) in [6.07, 6.45) is 0. The molecule has 0 unspecified atom stereocenters. The van der Waals surface area contributed by atoms with Gasteiger partial charge in [0, 0.05) is 19.8 Å². The van der Waals surface area contributed by atoms with Gasteiger partial charge in [-0.05, 0) is 53.5 Å². The largest absolute Gasteiger partial charge is 0.497 e. The molecule has 2 aromatic rings. The zero-order chi connectivity index (χ0) is 14.7. The summed E-state index contributed by atoms with van der Waals surface area (Å²) in [5, 5.41) is 0. The van der Waals surface area contributed by atoms with Gasteiger partial charge < -0.3 is 9.64 Å². The molecule has 0 bridgehead atoms. The van der Waals surface area contributed by atoms with E-state index in [1.54, 1.807) is 7.11 Å². The van der Waals surface area contributed by atoms with Crippen molar-refractivity contribution >= 4 is 11.3 Å². The predicted molar refractivity (Wildman–Crippen MR) is 86.6 cm³/mol. The third-order valence-corrected chi connectivity index (χ3v) is 3.49. The number of anilines is 1. The van der Waals surface area contributed by atoms with Gasteiger partial charge in [0.05, 0.1) is 7.11 Å². The van der Waals surface area contributed by atoms with E-state index in [-0.39, 0.29) is 0 Å². The van der Waals surface area contributed by atoms with Gasteiger partial charge in [0.25, 0.3) is 0 Å². The highest BCUT2D eigenvalue weighted by molar-refractivity contribution is 5.80. The first-order valence-electron chi connectivity index (χ1n) is 6.64. The normalized spacial score (nSPS) is 10.2. The summed E-state index contributed by atoms with van der Waals surface area (Å²) >= 11 is 0. The van der Waals surface area contributed by atoms with Gasteiger partial charge in [-0.25, -0.2) is 0 Å². The van der Waals surface area contributed by atoms with Gasteiger partial charge in [0.2, 0.25) is 0 Å². The first-order chi connectivity index (χ1) is 9.52. The highest BCUT2D eigenvalue weighted by Gasteiger charge is 2.07. The molecule has 2 heteroatoms. The van der Waals surface area contributed by atoms with Crippen molar-refractivity contribution in [1.82, 2.24) is 0 Å². The molecule has 0 atom stereocenters. The number of nitrogens with zero attached hydrogens (tertiary/aromatic N) is 1. The van der Waals surface area contributed by atoms with Crippen molar-refractivity contribution in [2.45, 2.75) is 6.92 Å². The van der Waals surface area contributed by atoms with Gasteiger partial charge in [-0.1, -0.05) is 24.8 Å². The lowest BCUT2D eigenvalue weighted by Crippen LogP contribution is -2.08. The van der Waals surface area contributed by atoms with E-state index in [0.717, 1.165) is 22.4 Å². The summed E-state index contributed by atoms with van der Waals surface area (Å²) in [6, 6.07) is 14.5. The quantitative estimate of drug-likeness (QED) is 0.825. The van der Waals surface area contributed by atoms with E-state index < -0.39 is 0 Å². The minimum absolute atomic E-state index is 0.877. The van der Waals surface area contributed by atoms with Crippen LogP contribution >= 0.6 is 0 Å². The molecule has 104 valence electrons. The van der Waals surface area contributed by atoms with Crippen LogP contribution in [0.2, 0.25) is 0 Å². The topological polar surface area (TPSA) is 12.5 Å². The molecule has 0 fully saturated rings. The van der Waals surface area contributed by atoms with Crippen LogP contribution in [0.25, 0.3) is 5.57 Å². The highest BCUT2D eigenvalue weighted by atomic mass is 16.5. The Morgan fingerprint density at radius 3 is 2.20 bits per heavy atom. The summed E-state index contributed by atoms with van der Waals surface area (Å²) < 4.78 is 5.24. The summed E-state index contributed by atoms with van der Waals surface area (Å²) in [5.41, 5.74) is 5.70. The van der Waals surface area contributed by atoms with E-state index in [0.29, 0.717) is 0 Å². The lowest BCUT2D eigenvalue weighted by molar-refractivity contribution is 0.414. The Bertz CT molecular complexity index is 612. The van der Waals surface area contributed by atoms with Crippen molar-refractivity contribution in [3.8, 4) is 5.75 Å². The number of hydrogen-bond donors (Lipinski definition) is 0. The van der Waals surface area contributed by atoms with Crippen LogP contribution in [-0.2, 0) is 0 Å². The van der Waals surface area contributed by atoms with Crippen LogP contribution < -0.4 is 9.64 Å². The fourth-order valence-electron chi connectivity index (χ4n) is 2.22. The molecular weight excluding hydrogens is 246 g/mol. The molecule has 0 aliphatic rings. The molecular formula is C18H21NO. The van der Waals surface area contributed by atoms with E-state index in [1.807, 2.05) is 26.2 Å². The van der Waals surface area contributed by atoms with Crippen molar-refractivity contribution in [3.63, 3.8) is 0 Å². The van der Waals surface area contributed by atoms with Gasteiger partial charge in [0.15, 0.2) is 0 Å². The Balaban J connectivity index is 2.31. The van der Waals surface area contributed by atoms with Gasteiger partial charge in [-0.2, -0.15) is 0 Å². The SMILES string of the molecule is C=C(c1ccc(N(C)C)cc1)c1ccc(OC)cc1C. The maximum absolute atomic E-state index is 5.24. The molecule has 0 saturated heterocycles. The van der Waals surface area contributed by atoms with Crippen LogP contribution in [0.15, 0.2) is 49.0 Å². The second-order valence-corrected chi connectivity index (χ2v) is 5.10. The number of benzene rings is 2. The van der Waals surface area contributed by atoms with Gasteiger partial charge in [0.1, 0.15) is 5.75 Å². The number of hydrogen-bond acceptors (Lipinski definition) is 2. The molecule has 0 spiro atoms. The second-order valence-electron chi connectivity index (χ2n) is 5.10. The lowest BCUT2D eigenvalue weighted by Gasteiger charge is -2.15. The molecule has 0 aromatic heterocycles. The molecule has 0 aliphatic heterocycles. The summed E-state index contributed by atoms with van der Waals surface area (Å²) in [7, 11) is 5.76. The smallest absolute Gasteiger partial charge is 0.119 e. The number of aryl methyl sites for hydroxylation is 1. The van der Waals surface area contributed by atoms with Crippen molar-refractivity contribution in [3.05, 3.63) is 65.7 Å². The number of ether oxygens (including phenoxy) is 1. The highest BCUT2D eigenvalue weighted by Crippen LogP contribution is 2.28. The second kappa shape index (κ2) is 5.83. The van der Waals surface area contributed by atoms with Crippen LogP contribution in [0.4, 0.5) is 5.69 Å². The van der Waals surface area contributed by atoms with Crippen LogP contribution in [0.3, 0.4) is 0 Å². The van der Waals surface area contributed by atoms with E-state index in [1.165, 1.54) is 11.3 Å². The Labute approximate surface area is 121 Å². The van der Waals surface area contributed by atoms with E-state index >= 15 is 0 Å². The average molecular weight is 267 g/mol. The average Bonchev–Trinajstić information content (AvgIpc) is 2.46. The molecule has 0 radical (unpaired) electrons. The van der Waals surface area contributed by atoms with Gasteiger partial charge in [-0.15, -0.1) is 0 Å². The predicted octanol–water partition coefficient (Wildman–Crippen LogP) is 4.13. The van der Waals surface area contributed by atoms with E-state index in [9.17, 15) is 0 Å². The maximum Gasteiger partial charge on any atom is 0.119 e. The minimum Gasteiger partial charge on any atom is -0.497 e. The Kier molecular flexibility index (Phi) is 4.14. The lowest BCUT2D eigenvalue weighted by atomic mass is 9.95. The van der Waals surface area contributed by atoms with E-state index in [2.05, 4.69) is 48.7 Å². The zero-order valence-corrected chi connectivity index (χ0v) is 12.6. The molecule has 0 heterocycles. The number of methoxy groups -OCH3 is 1. The van der Waals surface area contributed by atoms with Gasteiger partial charge >= 0.3 is 0 Å². The first-order valence-corrected chi connectivity index (χ1v) is 6.64. The van der Waals surface area contributed by atoms with Crippen LogP contribution in [0, 0.1) is 6.92 Å². The van der Waals surface area contributed by atoms with Crippen LogP contribution in [-0.4, -0.2) is 21.2 Å². The summed E-state index contributed by atoms with van der Waals surface area (Å²) in [4.78, 5) is 2.09. The Hall–Kier alpha value is -2.22. The molecule has 0 saturated carbocycles. The van der Waals surface area contributed by atoms with Crippen molar-refractivity contribution in [2.75, 3.05) is 26.1 Å². The van der Waals surface area contributed by atoms with Crippen LogP contribution in [0.1, 0.15) is 16.7 Å². The van der Waals surface area contributed by atoms with E-state index in [4.69, 9.17) is 4.74 Å². The van der Waals surface area contributed by atoms with Crippen LogP contribution in [0.5, 0.6) is 5.75 Å². The fourth-order valence-corrected chi connectivity index (χ4v) is 2.22. The minimum atomic E-state index is 0.877. The standard InChI is InChI=1S/C18H21NO/c1-13-12-17(20-5)10-11-18(13)14(2)15-6-8-16(9-7-15)19(3)4/h6-12H,2H2,1,3-5H3. The molecule has 2 rings (SSSR count). The molecule has 2 aromatic carbocycles.